The van der Waals surface area contributed by atoms with E-state index in [0.717, 1.165) is 6.08 Å². The number of nitrogens with two attached hydrogens (primary N) is 1. The molecule has 0 bridgehead atoms. The maximum Gasteiger partial charge on any atom is 0.194 e. The first kappa shape index (κ1) is 5.83. The van der Waals surface area contributed by atoms with Gasteiger partial charge in [-0.3, -0.25) is 0 Å². The molecule has 0 rings (SSSR count). The van der Waals surface area contributed by atoms with Gasteiger partial charge in [-0.2, -0.15) is 5.26 Å². The molecule has 2 N–H and O–H groups in total. The van der Waals surface area contributed by atoms with Gasteiger partial charge in [0.05, 0.1) is 19.3 Å². The van der Waals surface area contributed by atoms with Crippen molar-refractivity contribution in [2.75, 3.05) is 7.11 Å². The summed E-state index contributed by atoms with van der Waals surface area (Å²) in [5.41, 5.74) is 5.00. The number of hydrogen-bond donors (Lipinski definition) is 1. The Bertz CT molecular complexity index is 111. The maximum absolute atomic E-state index is 7.88. The monoisotopic (exact) mass is 98.0 g/mol. The van der Waals surface area contributed by atoms with E-state index in [-0.39, 0.29) is 5.88 Å². The molecular formula is C4H6N2O. The molecule has 0 unspecified atom stereocenters. The van der Waals surface area contributed by atoms with Crippen LogP contribution in [0.15, 0.2) is 12.0 Å². The van der Waals surface area contributed by atoms with E-state index in [2.05, 4.69) is 4.74 Å². The zero-order valence-electron chi connectivity index (χ0n) is 4.01. The largest absolute Gasteiger partial charge is 0.482 e. The molecule has 0 saturated heterocycles. The van der Waals surface area contributed by atoms with Crippen LogP contribution in [0.5, 0.6) is 0 Å². The fourth-order valence-corrected chi connectivity index (χ4v) is 0.123. The average molecular weight is 98.1 g/mol. The Morgan fingerprint density at radius 1 is 2.00 bits per heavy atom. The predicted octanol–water partition coefficient (Wildman–Crippen LogP) is -0.0435. The zero-order chi connectivity index (χ0) is 5.70. The SMILES string of the molecule is CO/C(N)=C/C#N. The molecule has 0 radical (unpaired) electrons. The standard InChI is InChI=1S/C4H6N2O/c1-7-4(6)2-3-5/h2H,6H2,1H3/b4-2+. The lowest BCUT2D eigenvalue weighted by Crippen LogP contribution is -1.97. The highest BCUT2D eigenvalue weighted by Crippen LogP contribution is 1.77. The first-order valence-electron chi connectivity index (χ1n) is 1.70. The molecule has 0 heterocycles. The summed E-state index contributed by atoms with van der Waals surface area (Å²) in [5.74, 6) is 0.141. The summed E-state index contributed by atoms with van der Waals surface area (Å²) in [6.45, 7) is 0. The fraction of sp³-hybridized carbons (Fsp3) is 0.250. The molecule has 0 aliphatic carbocycles. The fourth-order valence-electron chi connectivity index (χ4n) is 0.123. The third-order valence-electron chi connectivity index (χ3n) is 0.443. The number of allylic oxidation sites excluding steroid dienone is 1. The van der Waals surface area contributed by atoms with Crippen molar-refractivity contribution in [1.82, 2.24) is 0 Å². The molecule has 0 aliphatic rings. The highest BCUT2D eigenvalue weighted by molar-refractivity contribution is 5.04. The zero-order valence-corrected chi connectivity index (χ0v) is 4.01. The number of hydrogen-bond acceptors (Lipinski definition) is 3. The second kappa shape index (κ2) is 3.04. The van der Waals surface area contributed by atoms with Gasteiger partial charge in [0, 0.05) is 0 Å². The summed E-state index contributed by atoms with van der Waals surface area (Å²) in [6, 6.07) is 1.71. The summed E-state index contributed by atoms with van der Waals surface area (Å²) in [7, 11) is 1.41. The molecule has 7 heavy (non-hydrogen) atoms. The smallest absolute Gasteiger partial charge is 0.194 e. The third kappa shape index (κ3) is 2.64. The minimum atomic E-state index is 0.141. The van der Waals surface area contributed by atoms with Crippen molar-refractivity contribution in [2.45, 2.75) is 0 Å². The molecule has 0 amide bonds. The van der Waals surface area contributed by atoms with E-state index in [4.69, 9.17) is 11.0 Å². The molecule has 0 saturated carbocycles. The number of nitrogens with zero attached hydrogens (tertiary/aromatic N) is 1. The molecule has 0 aromatic carbocycles. The average Bonchev–Trinajstić information content (AvgIpc) is 1.68. The Hall–Kier alpha value is -1.17. The third-order valence-corrected chi connectivity index (χ3v) is 0.443. The summed E-state index contributed by atoms with van der Waals surface area (Å²) in [6.07, 6.45) is 1.12. The van der Waals surface area contributed by atoms with E-state index < -0.39 is 0 Å². The van der Waals surface area contributed by atoms with Crippen LogP contribution in [0.1, 0.15) is 0 Å². The number of methoxy groups -OCH3 is 1. The van der Waals surface area contributed by atoms with Crippen LogP contribution < -0.4 is 5.73 Å². The lowest BCUT2D eigenvalue weighted by Gasteiger charge is -1.90. The Kier molecular flexibility index (Phi) is 2.53. The normalized spacial score (nSPS) is 10.0. The quantitative estimate of drug-likeness (QED) is 0.369. The molecule has 0 aromatic rings. The lowest BCUT2D eigenvalue weighted by atomic mass is 10.6. The Morgan fingerprint density at radius 2 is 2.57 bits per heavy atom. The van der Waals surface area contributed by atoms with E-state index in [0.29, 0.717) is 0 Å². The van der Waals surface area contributed by atoms with E-state index in [1.54, 1.807) is 6.07 Å². The first-order valence-corrected chi connectivity index (χ1v) is 1.70. The Balaban J connectivity index is 3.56. The van der Waals surface area contributed by atoms with Gasteiger partial charge in [0.25, 0.3) is 0 Å². The highest BCUT2D eigenvalue weighted by Gasteiger charge is 1.76. The Morgan fingerprint density at radius 3 is 2.71 bits per heavy atom. The van der Waals surface area contributed by atoms with Gasteiger partial charge in [-0.15, -0.1) is 0 Å². The van der Waals surface area contributed by atoms with Crippen LogP contribution in [-0.2, 0) is 4.74 Å². The second-order valence-electron chi connectivity index (χ2n) is 0.880. The van der Waals surface area contributed by atoms with E-state index in [1.165, 1.54) is 7.11 Å². The van der Waals surface area contributed by atoms with E-state index in [9.17, 15) is 0 Å². The van der Waals surface area contributed by atoms with Crippen LogP contribution in [-0.4, -0.2) is 7.11 Å². The van der Waals surface area contributed by atoms with Gasteiger partial charge < -0.3 is 10.5 Å². The van der Waals surface area contributed by atoms with Crippen LogP contribution in [0, 0.1) is 11.3 Å². The van der Waals surface area contributed by atoms with Gasteiger partial charge in [0.15, 0.2) is 5.88 Å². The van der Waals surface area contributed by atoms with Gasteiger partial charge in [-0.25, -0.2) is 0 Å². The topological polar surface area (TPSA) is 59.0 Å². The molecular weight excluding hydrogens is 92.1 g/mol. The van der Waals surface area contributed by atoms with Crippen molar-refractivity contribution in [3.63, 3.8) is 0 Å². The summed E-state index contributed by atoms with van der Waals surface area (Å²) < 4.78 is 4.41. The maximum atomic E-state index is 7.88. The second-order valence-corrected chi connectivity index (χ2v) is 0.880. The van der Waals surface area contributed by atoms with Crippen molar-refractivity contribution in [1.29, 1.82) is 5.26 Å². The molecule has 0 aromatic heterocycles. The Labute approximate surface area is 42.0 Å². The van der Waals surface area contributed by atoms with Crippen molar-refractivity contribution in [3.05, 3.63) is 12.0 Å². The van der Waals surface area contributed by atoms with Crippen LogP contribution in [0.3, 0.4) is 0 Å². The summed E-state index contributed by atoms with van der Waals surface area (Å²) in [5, 5.41) is 7.88. The predicted molar refractivity (Wildman–Crippen MR) is 24.9 cm³/mol. The molecule has 3 heteroatoms. The molecule has 38 valence electrons. The van der Waals surface area contributed by atoms with Gasteiger partial charge in [-0.05, 0) is 0 Å². The van der Waals surface area contributed by atoms with Crippen LogP contribution >= 0.6 is 0 Å². The summed E-state index contributed by atoms with van der Waals surface area (Å²) >= 11 is 0. The van der Waals surface area contributed by atoms with Gasteiger partial charge in [0.1, 0.15) is 0 Å². The highest BCUT2D eigenvalue weighted by atomic mass is 16.5. The number of nitriles is 1. The van der Waals surface area contributed by atoms with Crippen LogP contribution in [0.2, 0.25) is 0 Å². The minimum Gasteiger partial charge on any atom is -0.482 e. The van der Waals surface area contributed by atoms with Crippen molar-refractivity contribution in [3.8, 4) is 6.07 Å². The van der Waals surface area contributed by atoms with E-state index in [1.807, 2.05) is 0 Å². The first-order chi connectivity index (χ1) is 3.31. The lowest BCUT2D eigenvalue weighted by molar-refractivity contribution is 0.288. The van der Waals surface area contributed by atoms with Crippen LogP contribution in [0.4, 0.5) is 0 Å². The molecule has 0 atom stereocenters. The van der Waals surface area contributed by atoms with Crippen molar-refractivity contribution < 1.29 is 4.74 Å². The number of rotatable bonds is 1. The summed E-state index contributed by atoms with van der Waals surface area (Å²) in [4.78, 5) is 0. The van der Waals surface area contributed by atoms with Crippen molar-refractivity contribution >= 4 is 0 Å². The molecule has 0 fully saturated rings. The van der Waals surface area contributed by atoms with Gasteiger partial charge in [0.2, 0.25) is 0 Å². The van der Waals surface area contributed by atoms with Gasteiger partial charge in [-0.1, -0.05) is 0 Å². The van der Waals surface area contributed by atoms with Gasteiger partial charge >= 0.3 is 0 Å². The van der Waals surface area contributed by atoms with E-state index >= 15 is 0 Å². The molecule has 0 aliphatic heterocycles. The van der Waals surface area contributed by atoms with Crippen LogP contribution in [0.25, 0.3) is 0 Å². The number of ether oxygens (including phenoxy) is 1. The molecule has 3 nitrogen and oxygen atoms in total. The minimum absolute atomic E-state index is 0.141. The van der Waals surface area contributed by atoms with Crippen molar-refractivity contribution in [2.24, 2.45) is 5.73 Å². The molecule has 0 spiro atoms.